The number of hydrogen-bond donors (Lipinski definition) is 2. The maximum absolute atomic E-state index is 11.7. The van der Waals surface area contributed by atoms with Gasteiger partial charge in [-0.3, -0.25) is 14.8 Å². The summed E-state index contributed by atoms with van der Waals surface area (Å²) in [6, 6.07) is 9.93. The summed E-state index contributed by atoms with van der Waals surface area (Å²) in [6.45, 7) is 2.48. The lowest BCUT2D eigenvalue weighted by molar-refractivity contribution is 0.809. The molecular formula is C15H18N4O. The number of hydrogen-bond acceptors (Lipinski definition) is 4. The Labute approximate surface area is 117 Å². The lowest BCUT2D eigenvalue weighted by Crippen LogP contribution is -2.18. The minimum Gasteiger partial charge on any atom is -0.369 e. The Hall–Kier alpha value is -2.43. The van der Waals surface area contributed by atoms with Gasteiger partial charge in [-0.1, -0.05) is 30.3 Å². The van der Waals surface area contributed by atoms with Crippen LogP contribution >= 0.6 is 0 Å². The Morgan fingerprint density at radius 3 is 2.80 bits per heavy atom. The molecule has 5 heteroatoms. The van der Waals surface area contributed by atoms with E-state index >= 15 is 0 Å². The van der Waals surface area contributed by atoms with Crippen molar-refractivity contribution >= 4 is 12.2 Å². The molecule has 104 valence electrons. The molecule has 0 spiro atoms. The zero-order valence-electron chi connectivity index (χ0n) is 11.5. The summed E-state index contributed by atoms with van der Waals surface area (Å²) in [6.07, 6.45) is 3.30. The molecule has 5 nitrogen and oxygen atoms in total. The number of nitrogens with two attached hydrogens (primary N) is 1. The molecule has 0 saturated carbocycles. The van der Waals surface area contributed by atoms with Gasteiger partial charge < -0.3 is 5.73 Å². The number of anilines is 1. The summed E-state index contributed by atoms with van der Waals surface area (Å²) in [5.41, 5.74) is 7.79. The highest BCUT2D eigenvalue weighted by Gasteiger charge is 2.05. The molecule has 0 aliphatic heterocycles. The van der Waals surface area contributed by atoms with Crippen molar-refractivity contribution in [2.24, 2.45) is 4.99 Å². The quantitative estimate of drug-likeness (QED) is 0.640. The van der Waals surface area contributed by atoms with Crippen LogP contribution in [0, 0.1) is 6.92 Å². The van der Waals surface area contributed by atoms with Crippen LogP contribution in [0.3, 0.4) is 0 Å². The Bertz CT molecular complexity index is 647. The lowest BCUT2D eigenvalue weighted by atomic mass is 10.1. The van der Waals surface area contributed by atoms with Crippen molar-refractivity contribution in [3.05, 3.63) is 57.5 Å². The van der Waals surface area contributed by atoms with Crippen LogP contribution in [0.2, 0.25) is 0 Å². The molecule has 1 aromatic heterocycles. The molecular weight excluding hydrogens is 252 g/mol. The highest BCUT2D eigenvalue weighted by molar-refractivity contribution is 5.79. The Morgan fingerprint density at radius 1 is 1.35 bits per heavy atom. The molecule has 0 atom stereocenters. The SMILES string of the molecule is Cc1nc(N)[nH]c(=O)c1CCCN=Cc1ccccc1. The average molecular weight is 270 g/mol. The van der Waals surface area contributed by atoms with Crippen molar-refractivity contribution in [2.45, 2.75) is 19.8 Å². The molecule has 3 N–H and O–H groups in total. The predicted molar refractivity (Wildman–Crippen MR) is 81.2 cm³/mol. The number of aryl methyl sites for hydroxylation is 1. The molecule has 1 aromatic carbocycles. The van der Waals surface area contributed by atoms with Gasteiger partial charge >= 0.3 is 0 Å². The molecule has 0 aliphatic rings. The van der Waals surface area contributed by atoms with E-state index in [1.165, 1.54) is 0 Å². The third-order valence-corrected chi connectivity index (χ3v) is 2.99. The molecule has 0 bridgehead atoms. The summed E-state index contributed by atoms with van der Waals surface area (Å²) >= 11 is 0. The van der Waals surface area contributed by atoms with E-state index in [0.29, 0.717) is 24.2 Å². The molecule has 2 aromatic rings. The van der Waals surface area contributed by atoms with Gasteiger partial charge in [-0.25, -0.2) is 4.98 Å². The third kappa shape index (κ3) is 3.78. The van der Waals surface area contributed by atoms with Gasteiger partial charge in [0.2, 0.25) is 5.95 Å². The highest BCUT2D eigenvalue weighted by atomic mass is 16.1. The van der Waals surface area contributed by atoms with Gasteiger partial charge in [0.1, 0.15) is 0 Å². The summed E-state index contributed by atoms with van der Waals surface area (Å²) in [5, 5.41) is 0. The Kier molecular flexibility index (Phi) is 4.65. The van der Waals surface area contributed by atoms with Crippen molar-refractivity contribution < 1.29 is 0 Å². The van der Waals surface area contributed by atoms with E-state index in [9.17, 15) is 4.79 Å². The normalized spacial score (nSPS) is 11.1. The monoisotopic (exact) mass is 270 g/mol. The van der Waals surface area contributed by atoms with Crippen LogP contribution in [0.4, 0.5) is 5.95 Å². The molecule has 1 heterocycles. The van der Waals surface area contributed by atoms with Crippen LogP contribution in [0.1, 0.15) is 23.2 Å². The third-order valence-electron chi connectivity index (χ3n) is 2.99. The second kappa shape index (κ2) is 6.65. The number of aliphatic imine (C=N–C) groups is 1. The number of H-pyrrole nitrogens is 1. The van der Waals surface area contributed by atoms with Crippen LogP contribution in [-0.2, 0) is 6.42 Å². The fourth-order valence-corrected chi connectivity index (χ4v) is 1.98. The molecule has 2 rings (SSSR count). The maximum Gasteiger partial charge on any atom is 0.255 e. The van der Waals surface area contributed by atoms with Crippen molar-refractivity contribution in [2.75, 3.05) is 12.3 Å². The smallest absolute Gasteiger partial charge is 0.255 e. The molecule has 0 fully saturated rings. The molecule has 20 heavy (non-hydrogen) atoms. The summed E-state index contributed by atoms with van der Waals surface area (Å²) < 4.78 is 0. The maximum atomic E-state index is 11.7. The number of nitrogen functional groups attached to an aromatic ring is 1. The second-order valence-corrected chi connectivity index (χ2v) is 4.56. The molecule has 0 radical (unpaired) electrons. The van der Waals surface area contributed by atoms with E-state index in [0.717, 1.165) is 12.0 Å². The first-order chi connectivity index (χ1) is 9.66. The fourth-order valence-electron chi connectivity index (χ4n) is 1.98. The first kappa shape index (κ1) is 14.0. The van der Waals surface area contributed by atoms with Gasteiger partial charge in [0.15, 0.2) is 0 Å². The largest absolute Gasteiger partial charge is 0.369 e. The standard InChI is InChI=1S/C15H18N4O/c1-11-13(14(20)19-15(16)18-11)8-5-9-17-10-12-6-3-2-4-7-12/h2-4,6-7,10H,5,8-9H2,1H3,(H3,16,18,19,20). The molecule has 0 aliphatic carbocycles. The minimum absolute atomic E-state index is 0.151. The molecule has 0 amide bonds. The fraction of sp³-hybridized carbons (Fsp3) is 0.267. The van der Waals surface area contributed by atoms with E-state index in [1.807, 2.05) is 36.5 Å². The van der Waals surface area contributed by atoms with E-state index in [1.54, 1.807) is 6.92 Å². The summed E-state index contributed by atoms with van der Waals surface area (Å²) in [4.78, 5) is 22.7. The number of nitrogens with one attached hydrogen (secondary N) is 1. The number of aromatic nitrogens is 2. The predicted octanol–water partition coefficient (Wildman–Crippen LogP) is 1.71. The Morgan fingerprint density at radius 2 is 2.10 bits per heavy atom. The van der Waals surface area contributed by atoms with Crippen molar-refractivity contribution in [3.63, 3.8) is 0 Å². The van der Waals surface area contributed by atoms with Crippen molar-refractivity contribution in [3.8, 4) is 0 Å². The first-order valence-electron chi connectivity index (χ1n) is 6.57. The van der Waals surface area contributed by atoms with Gasteiger partial charge in [0.05, 0.1) is 0 Å². The molecule has 0 unspecified atom stereocenters. The van der Waals surface area contributed by atoms with Gasteiger partial charge in [0, 0.05) is 24.0 Å². The lowest BCUT2D eigenvalue weighted by Gasteiger charge is -2.03. The number of rotatable bonds is 5. The number of benzene rings is 1. The summed E-state index contributed by atoms with van der Waals surface area (Å²) in [7, 11) is 0. The Balaban J connectivity index is 1.88. The van der Waals surface area contributed by atoms with Gasteiger partial charge in [-0.05, 0) is 25.3 Å². The number of aromatic amines is 1. The topological polar surface area (TPSA) is 84.1 Å². The van der Waals surface area contributed by atoms with Crippen LogP contribution in [0.5, 0.6) is 0 Å². The van der Waals surface area contributed by atoms with E-state index < -0.39 is 0 Å². The van der Waals surface area contributed by atoms with Gasteiger partial charge in [0.25, 0.3) is 5.56 Å². The van der Waals surface area contributed by atoms with Gasteiger partial charge in [-0.2, -0.15) is 0 Å². The minimum atomic E-state index is -0.151. The van der Waals surface area contributed by atoms with E-state index in [-0.39, 0.29) is 11.5 Å². The van der Waals surface area contributed by atoms with Crippen LogP contribution in [0.25, 0.3) is 0 Å². The first-order valence-corrected chi connectivity index (χ1v) is 6.57. The van der Waals surface area contributed by atoms with E-state index in [4.69, 9.17) is 5.73 Å². The van der Waals surface area contributed by atoms with Crippen molar-refractivity contribution in [1.82, 2.24) is 9.97 Å². The van der Waals surface area contributed by atoms with E-state index in [2.05, 4.69) is 15.0 Å². The van der Waals surface area contributed by atoms with Crippen LogP contribution in [0.15, 0.2) is 40.1 Å². The van der Waals surface area contributed by atoms with Crippen molar-refractivity contribution in [1.29, 1.82) is 0 Å². The number of nitrogens with zero attached hydrogens (tertiary/aromatic N) is 2. The zero-order valence-corrected chi connectivity index (χ0v) is 11.5. The van der Waals surface area contributed by atoms with Crippen LogP contribution in [-0.4, -0.2) is 22.7 Å². The second-order valence-electron chi connectivity index (χ2n) is 4.56. The zero-order chi connectivity index (χ0) is 14.4. The highest BCUT2D eigenvalue weighted by Crippen LogP contribution is 2.03. The van der Waals surface area contributed by atoms with Crippen LogP contribution < -0.4 is 11.3 Å². The summed E-state index contributed by atoms with van der Waals surface area (Å²) in [5.74, 6) is 0.165. The molecule has 0 saturated heterocycles. The van der Waals surface area contributed by atoms with Gasteiger partial charge in [-0.15, -0.1) is 0 Å². The average Bonchev–Trinajstić information content (AvgIpc) is 2.42.